The number of pyridine rings is 1. The topological polar surface area (TPSA) is 106 Å². The van der Waals surface area contributed by atoms with Crippen molar-refractivity contribution < 1.29 is 14.3 Å². The van der Waals surface area contributed by atoms with Crippen LogP contribution in [-0.2, 0) is 11.2 Å². The summed E-state index contributed by atoms with van der Waals surface area (Å²) in [6, 6.07) is 9.39. The van der Waals surface area contributed by atoms with Crippen LogP contribution in [0.1, 0.15) is 26.5 Å². The first-order valence-corrected chi connectivity index (χ1v) is 9.26. The molecule has 4 N–H and O–H groups in total. The molecule has 0 spiro atoms. The second kappa shape index (κ2) is 6.55. The van der Waals surface area contributed by atoms with E-state index in [0.717, 1.165) is 22.2 Å². The Morgan fingerprint density at radius 2 is 2.04 bits per heavy atom. The first kappa shape index (κ1) is 17.3. The number of nitrogens with zero attached hydrogens (tertiary/aromatic N) is 1. The van der Waals surface area contributed by atoms with Crippen LogP contribution in [0.15, 0.2) is 30.3 Å². The molecule has 0 aliphatic carbocycles. The lowest BCUT2D eigenvalue weighted by molar-refractivity contribution is -0.128. The molecule has 0 radical (unpaired) electrons. The number of rotatable bonds is 2. The van der Waals surface area contributed by atoms with E-state index in [4.69, 9.17) is 10.5 Å². The normalized spacial score (nSPS) is 15.3. The summed E-state index contributed by atoms with van der Waals surface area (Å²) in [5, 5.41) is 0.775. The highest BCUT2D eigenvalue weighted by atomic mass is 32.1. The molecule has 4 rings (SSSR count). The van der Waals surface area contributed by atoms with E-state index >= 15 is 0 Å². The van der Waals surface area contributed by atoms with Gasteiger partial charge in [0.2, 0.25) is 0 Å². The van der Waals surface area contributed by atoms with Crippen LogP contribution in [-0.4, -0.2) is 22.9 Å². The van der Waals surface area contributed by atoms with Crippen molar-refractivity contribution in [1.29, 1.82) is 0 Å². The molecule has 138 valence electrons. The Hall–Kier alpha value is -3.13. The number of nitrogens with one attached hydrogen (secondary N) is 2. The molecular formula is C19H18N4O3S. The van der Waals surface area contributed by atoms with Gasteiger partial charge >= 0.3 is 0 Å². The summed E-state index contributed by atoms with van der Waals surface area (Å²) < 4.78 is 5.61. The fourth-order valence-electron chi connectivity index (χ4n) is 3.22. The van der Waals surface area contributed by atoms with Gasteiger partial charge in [0.1, 0.15) is 15.5 Å². The molecule has 1 atom stereocenters. The molecule has 2 aromatic heterocycles. The van der Waals surface area contributed by atoms with Crippen LogP contribution >= 0.6 is 11.3 Å². The average Bonchev–Trinajstić information content (AvgIpc) is 3.20. The van der Waals surface area contributed by atoms with Crippen molar-refractivity contribution in [3.05, 3.63) is 52.0 Å². The Kier molecular flexibility index (Phi) is 4.19. The summed E-state index contributed by atoms with van der Waals surface area (Å²) in [5.74, 6) is -0.199. The molecule has 1 aliphatic rings. The quantitative estimate of drug-likeness (QED) is 0.590. The molecule has 0 saturated carbocycles. The number of amides is 2. The summed E-state index contributed by atoms with van der Waals surface area (Å²) >= 11 is 1.20. The van der Waals surface area contributed by atoms with E-state index in [0.29, 0.717) is 27.6 Å². The molecule has 2 amide bonds. The number of para-hydroxylation sites is 1. The molecule has 0 saturated heterocycles. The number of anilines is 1. The van der Waals surface area contributed by atoms with Gasteiger partial charge in [0.15, 0.2) is 6.10 Å². The smallest absolute Gasteiger partial charge is 0.281 e. The lowest BCUT2D eigenvalue weighted by atomic mass is 10.1. The van der Waals surface area contributed by atoms with E-state index in [1.807, 2.05) is 44.2 Å². The monoisotopic (exact) mass is 382 g/mol. The third-order valence-corrected chi connectivity index (χ3v) is 5.57. The fraction of sp³-hybridized carbons (Fsp3) is 0.211. The van der Waals surface area contributed by atoms with Crippen molar-refractivity contribution in [2.45, 2.75) is 26.4 Å². The van der Waals surface area contributed by atoms with Gasteiger partial charge in [0.25, 0.3) is 11.8 Å². The highest BCUT2D eigenvalue weighted by Gasteiger charge is 2.29. The van der Waals surface area contributed by atoms with Gasteiger partial charge in [-0.15, -0.1) is 11.3 Å². The lowest BCUT2D eigenvalue weighted by Gasteiger charge is -2.12. The van der Waals surface area contributed by atoms with Gasteiger partial charge in [-0.1, -0.05) is 18.2 Å². The molecular weight excluding hydrogens is 364 g/mol. The van der Waals surface area contributed by atoms with E-state index in [-0.39, 0.29) is 0 Å². The minimum atomic E-state index is -0.672. The molecule has 7 nitrogen and oxygen atoms in total. The van der Waals surface area contributed by atoms with Crippen molar-refractivity contribution in [3.63, 3.8) is 0 Å². The SMILES string of the molecule is Cc1cc(C)c2c(N)c(C(=O)NNC(=O)[C@@H]3Cc4ccccc4O3)sc2n1. The highest BCUT2D eigenvalue weighted by Crippen LogP contribution is 2.34. The standard InChI is InChI=1S/C19H18N4O3S/c1-9-7-10(2)21-19-14(9)15(20)16(27-19)18(25)23-22-17(24)13-8-11-5-3-4-6-12(11)26-13/h3-7,13H,8,20H2,1-2H3,(H,22,24)(H,23,25)/t13-/m0/s1. The molecule has 8 heteroatoms. The van der Waals surface area contributed by atoms with Crippen molar-refractivity contribution in [3.8, 4) is 5.75 Å². The van der Waals surface area contributed by atoms with Gasteiger partial charge in [-0.3, -0.25) is 20.4 Å². The summed E-state index contributed by atoms with van der Waals surface area (Å²) in [5.41, 5.74) is 14.2. The zero-order valence-electron chi connectivity index (χ0n) is 14.8. The summed E-state index contributed by atoms with van der Waals surface area (Å²) in [4.78, 5) is 30.3. The largest absolute Gasteiger partial charge is 0.480 e. The van der Waals surface area contributed by atoms with Crippen molar-refractivity contribution in [2.75, 3.05) is 5.73 Å². The van der Waals surface area contributed by atoms with E-state index < -0.39 is 17.9 Å². The van der Waals surface area contributed by atoms with E-state index in [2.05, 4.69) is 15.8 Å². The van der Waals surface area contributed by atoms with Gasteiger partial charge in [-0.25, -0.2) is 4.98 Å². The number of carbonyl (C=O) groups excluding carboxylic acids is 2. The molecule has 0 unspecified atom stereocenters. The second-order valence-corrected chi connectivity index (χ2v) is 7.47. The molecule has 1 aliphatic heterocycles. The number of nitrogen functional groups attached to an aromatic ring is 1. The predicted molar refractivity (Wildman–Crippen MR) is 104 cm³/mol. The van der Waals surface area contributed by atoms with Crippen LogP contribution < -0.4 is 21.3 Å². The second-order valence-electron chi connectivity index (χ2n) is 6.47. The van der Waals surface area contributed by atoms with Gasteiger partial charge in [-0.05, 0) is 37.1 Å². The van der Waals surface area contributed by atoms with Crippen LogP contribution in [0.2, 0.25) is 0 Å². The average molecular weight is 382 g/mol. The van der Waals surface area contributed by atoms with Crippen LogP contribution in [0.4, 0.5) is 5.69 Å². The number of aromatic nitrogens is 1. The van der Waals surface area contributed by atoms with Crippen LogP contribution in [0.3, 0.4) is 0 Å². The van der Waals surface area contributed by atoms with Crippen LogP contribution in [0.5, 0.6) is 5.75 Å². The van der Waals surface area contributed by atoms with E-state index in [9.17, 15) is 9.59 Å². The Balaban J connectivity index is 1.46. The molecule has 27 heavy (non-hydrogen) atoms. The van der Waals surface area contributed by atoms with E-state index in [1.54, 1.807) is 0 Å². The van der Waals surface area contributed by atoms with Crippen LogP contribution in [0, 0.1) is 13.8 Å². The number of fused-ring (bicyclic) bond motifs is 2. The minimum absolute atomic E-state index is 0.321. The maximum Gasteiger partial charge on any atom is 0.281 e. The lowest BCUT2D eigenvalue weighted by Crippen LogP contribution is -2.47. The maximum atomic E-state index is 12.5. The molecule has 3 aromatic rings. The molecule has 0 bridgehead atoms. The predicted octanol–water partition coefficient (Wildman–Crippen LogP) is 2.26. The zero-order valence-corrected chi connectivity index (χ0v) is 15.6. The number of benzene rings is 1. The molecule has 3 heterocycles. The third kappa shape index (κ3) is 3.08. The first-order chi connectivity index (χ1) is 12.9. The first-order valence-electron chi connectivity index (χ1n) is 8.45. The van der Waals surface area contributed by atoms with Gasteiger partial charge in [-0.2, -0.15) is 0 Å². The number of hydrogen-bond acceptors (Lipinski definition) is 6. The molecule has 1 aromatic carbocycles. The summed E-state index contributed by atoms with van der Waals surface area (Å²) in [7, 11) is 0. The van der Waals surface area contributed by atoms with Crippen molar-refractivity contribution in [1.82, 2.24) is 15.8 Å². The van der Waals surface area contributed by atoms with Crippen molar-refractivity contribution in [2.24, 2.45) is 0 Å². The number of thiophene rings is 1. The molecule has 0 fully saturated rings. The number of hydrogen-bond donors (Lipinski definition) is 3. The number of ether oxygens (including phenoxy) is 1. The van der Waals surface area contributed by atoms with Gasteiger partial charge in [0.05, 0.1) is 5.69 Å². The fourth-order valence-corrected chi connectivity index (χ4v) is 4.33. The zero-order chi connectivity index (χ0) is 19.1. The van der Waals surface area contributed by atoms with Crippen molar-refractivity contribution >= 4 is 39.1 Å². The van der Waals surface area contributed by atoms with Gasteiger partial charge < -0.3 is 10.5 Å². The number of nitrogens with two attached hydrogens (primary N) is 1. The minimum Gasteiger partial charge on any atom is -0.480 e. The number of carbonyl (C=O) groups is 2. The summed E-state index contributed by atoms with van der Waals surface area (Å²) in [6.07, 6.45) is -0.209. The number of hydrazine groups is 1. The van der Waals surface area contributed by atoms with Gasteiger partial charge in [0, 0.05) is 17.5 Å². The van der Waals surface area contributed by atoms with Crippen LogP contribution in [0.25, 0.3) is 10.2 Å². The Morgan fingerprint density at radius 3 is 2.81 bits per heavy atom. The van der Waals surface area contributed by atoms with E-state index in [1.165, 1.54) is 11.3 Å². The summed E-state index contributed by atoms with van der Waals surface area (Å²) in [6.45, 7) is 3.82. The number of aryl methyl sites for hydroxylation is 2. The Morgan fingerprint density at radius 1 is 1.26 bits per heavy atom. The maximum absolute atomic E-state index is 12.5. The Bertz CT molecular complexity index is 1050. The third-order valence-electron chi connectivity index (χ3n) is 4.47. The highest BCUT2D eigenvalue weighted by molar-refractivity contribution is 7.21. The Labute approximate surface area is 159 Å².